The maximum atomic E-state index is 12.0. The number of rotatable bonds is 6. The van der Waals surface area contributed by atoms with Gasteiger partial charge in [0.15, 0.2) is 5.82 Å². The zero-order valence-electron chi connectivity index (χ0n) is 12.0. The third-order valence-electron chi connectivity index (χ3n) is 3.56. The molecule has 1 saturated heterocycles. The minimum atomic E-state index is -2.49. The molecule has 0 spiro atoms. The molecule has 0 saturated carbocycles. The highest BCUT2D eigenvalue weighted by atomic mass is 19.3. The fourth-order valence-corrected chi connectivity index (χ4v) is 2.47. The van der Waals surface area contributed by atoms with E-state index in [0.29, 0.717) is 24.7 Å². The van der Waals surface area contributed by atoms with Crippen molar-refractivity contribution >= 4 is 5.91 Å². The minimum absolute atomic E-state index is 0.253. The van der Waals surface area contributed by atoms with E-state index in [4.69, 9.17) is 4.52 Å². The van der Waals surface area contributed by atoms with Crippen LogP contribution < -0.4 is 5.32 Å². The van der Waals surface area contributed by atoms with Crippen LogP contribution in [0.3, 0.4) is 0 Å². The highest BCUT2D eigenvalue weighted by molar-refractivity contribution is 5.76. The van der Waals surface area contributed by atoms with Gasteiger partial charge in [-0.25, -0.2) is 8.78 Å². The van der Waals surface area contributed by atoms with Crippen LogP contribution >= 0.6 is 0 Å². The van der Waals surface area contributed by atoms with Crippen molar-refractivity contribution in [2.45, 2.75) is 39.2 Å². The number of aromatic nitrogens is 2. The molecule has 118 valence electrons. The van der Waals surface area contributed by atoms with Gasteiger partial charge in [0.25, 0.3) is 6.43 Å². The Morgan fingerprint density at radius 3 is 2.76 bits per heavy atom. The zero-order chi connectivity index (χ0) is 15.2. The highest BCUT2D eigenvalue weighted by Gasteiger charge is 2.22. The van der Waals surface area contributed by atoms with Crippen LogP contribution in [0.5, 0.6) is 0 Å². The van der Waals surface area contributed by atoms with Gasteiger partial charge in [-0.2, -0.15) is 4.98 Å². The number of nitrogens with one attached hydrogen (secondary N) is 1. The minimum Gasteiger partial charge on any atom is -0.350 e. The van der Waals surface area contributed by atoms with E-state index >= 15 is 0 Å². The summed E-state index contributed by atoms with van der Waals surface area (Å²) in [5.41, 5.74) is 0. The Bertz CT molecular complexity index is 459. The third-order valence-corrected chi connectivity index (χ3v) is 3.56. The molecule has 1 fully saturated rings. The number of nitrogens with zero attached hydrogens (tertiary/aromatic N) is 3. The summed E-state index contributed by atoms with van der Waals surface area (Å²) in [7, 11) is 0. The van der Waals surface area contributed by atoms with Gasteiger partial charge in [0.1, 0.15) is 0 Å². The summed E-state index contributed by atoms with van der Waals surface area (Å²) in [5, 5.41) is 5.99. The Labute approximate surface area is 121 Å². The normalized spacial score (nSPS) is 17.3. The average molecular weight is 302 g/mol. The molecule has 1 amide bonds. The van der Waals surface area contributed by atoms with Gasteiger partial charge in [-0.1, -0.05) is 5.16 Å². The quantitative estimate of drug-likeness (QED) is 0.859. The predicted molar refractivity (Wildman–Crippen MR) is 70.7 cm³/mol. The lowest BCUT2D eigenvalue weighted by atomic mass is 9.93. The number of likely N-dealkylation sites (tertiary alicyclic amines) is 1. The van der Waals surface area contributed by atoms with Crippen molar-refractivity contribution in [3.05, 3.63) is 11.7 Å². The first-order valence-electron chi connectivity index (χ1n) is 7.09. The van der Waals surface area contributed by atoms with E-state index in [1.807, 2.05) is 0 Å². The molecular formula is C13H20F2N4O2. The molecule has 1 aliphatic rings. The molecule has 21 heavy (non-hydrogen) atoms. The number of hydrogen-bond donors (Lipinski definition) is 1. The van der Waals surface area contributed by atoms with E-state index in [2.05, 4.69) is 20.4 Å². The third kappa shape index (κ3) is 5.37. The number of piperidine rings is 1. The highest BCUT2D eigenvalue weighted by Crippen LogP contribution is 2.21. The Morgan fingerprint density at radius 2 is 2.19 bits per heavy atom. The molecule has 1 aliphatic heterocycles. The lowest BCUT2D eigenvalue weighted by Crippen LogP contribution is -2.36. The van der Waals surface area contributed by atoms with Gasteiger partial charge in [-0.3, -0.25) is 9.69 Å². The van der Waals surface area contributed by atoms with E-state index < -0.39 is 13.0 Å². The van der Waals surface area contributed by atoms with Crippen LogP contribution in [-0.4, -0.2) is 47.0 Å². The number of alkyl halides is 2. The maximum absolute atomic E-state index is 12.0. The summed E-state index contributed by atoms with van der Waals surface area (Å²) in [6, 6.07) is 0. The predicted octanol–water partition coefficient (Wildman–Crippen LogP) is 1.36. The standard InChI is InChI=1S/C13H20F2N4O2/c1-9-17-13(21-18-9)8-19-4-2-10(3-5-19)6-12(20)16-7-11(14)15/h10-11H,2-8H2,1H3,(H,16,20). The van der Waals surface area contributed by atoms with E-state index in [9.17, 15) is 13.6 Å². The average Bonchev–Trinajstić information content (AvgIpc) is 2.84. The number of amides is 1. The molecule has 8 heteroatoms. The van der Waals surface area contributed by atoms with Crippen LogP contribution in [0.2, 0.25) is 0 Å². The monoisotopic (exact) mass is 302 g/mol. The smallest absolute Gasteiger partial charge is 0.255 e. The van der Waals surface area contributed by atoms with Crippen molar-refractivity contribution in [3.63, 3.8) is 0 Å². The lowest BCUT2D eigenvalue weighted by molar-refractivity contribution is -0.123. The Kier molecular flexibility index (Phi) is 5.60. The molecule has 0 unspecified atom stereocenters. The van der Waals surface area contributed by atoms with Crippen LogP contribution in [0.25, 0.3) is 0 Å². The van der Waals surface area contributed by atoms with Crippen molar-refractivity contribution in [1.82, 2.24) is 20.4 Å². The van der Waals surface area contributed by atoms with Crippen molar-refractivity contribution < 1.29 is 18.1 Å². The molecule has 2 heterocycles. The molecule has 1 N–H and O–H groups in total. The molecule has 0 radical (unpaired) electrons. The Morgan fingerprint density at radius 1 is 1.48 bits per heavy atom. The van der Waals surface area contributed by atoms with E-state index in [1.165, 1.54) is 0 Å². The van der Waals surface area contributed by atoms with Crippen molar-refractivity contribution in [2.75, 3.05) is 19.6 Å². The zero-order valence-corrected chi connectivity index (χ0v) is 12.0. The molecule has 0 aromatic carbocycles. The van der Waals surface area contributed by atoms with E-state index in [1.54, 1.807) is 6.92 Å². The van der Waals surface area contributed by atoms with Crippen molar-refractivity contribution in [1.29, 1.82) is 0 Å². The summed E-state index contributed by atoms with van der Waals surface area (Å²) < 4.78 is 29.1. The number of carbonyl (C=O) groups is 1. The van der Waals surface area contributed by atoms with Crippen LogP contribution in [0.4, 0.5) is 8.78 Å². The van der Waals surface area contributed by atoms with Gasteiger partial charge >= 0.3 is 0 Å². The van der Waals surface area contributed by atoms with Gasteiger partial charge in [0.2, 0.25) is 11.8 Å². The summed E-state index contributed by atoms with van der Waals surface area (Å²) in [4.78, 5) is 17.9. The fourth-order valence-electron chi connectivity index (χ4n) is 2.47. The van der Waals surface area contributed by atoms with Gasteiger partial charge in [0.05, 0.1) is 13.1 Å². The number of carbonyl (C=O) groups excluding carboxylic acids is 1. The summed E-state index contributed by atoms with van der Waals surface area (Å²) in [5.74, 6) is 1.18. The summed E-state index contributed by atoms with van der Waals surface area (Å²) >= 11 is 0. The number of halogens is 2. The van der Waals surface area contributed by atoms with Crippen molar-refractivity contribution in [3.8, 4) is 0 Å². The maximum Gasteiger partial charge on any atom is 0.255 e. The first-order chi connectivity index (χ1) is 10.0. The molecular weight excluding hydrogens is 282 g/mol. The molecule has 6 nitrogen and oxygen atoms in total. The van der Waals surface area contributed by atoms with Gasteiger partial charge < -0.3 is 9.84 Å². The number of hydrogen-bond acceptors (Lipinski definition) is 5. The summed E-state index contributed by atoms with van der Waals surface area (Å²) in [6.45, 7) is 3.51. The van der Waals surface area contributed by atoms with Gasteiger partial charge in [-0.05, 0) is 38.8 Å². The second kappa shape index (κ2) is 7.44. The fraction of sp³-hybridized carbons (Fsp3) is 0.769. The Hall–Kier alpha value is -1.57. The molecule has 2 rings (SSSR count). The van der Waals surface area contributed by atoms with E-state index in [0.717, 1.165) is 25.9 Å². The van der Waals surface area contributed by atoms with E-state index in [-0.39, 0.29) is 11.8 Å². The number of aryl methyl sites for hydroxylation is 1. The molecule has 0 atom stereocenters. The summed E-state index contributed by atoms with van der Waals surface area (Å²) in [6.07, 6.45) is -0.432. The van der Waals surface area contributed by atoms with Crippen molar-refractivity contribution in [2.24, 2.45) is 5.92 Å². The first kappa shape index (κ1) is 15.8. The second-order valence-corrected chi connectivity index (χ2v) is 5.35. The first-order valence-corrected chi connectivity index (χ1v) is 7.09. The van der Waals surface area contributed by atoms with Crippen LogP contribution in [0, 0.1) is 12.8 Å². The molecule has 1 aromatic rings. The SMILES string of the molecule is Cc1noc(CN2CCC(CC(=O)NCC(F)F)CC2)n1. The van der Waals surface area contributed by atoms with Gasteiger partial charge in [-0.15, -0.1) is 0 Å². The van der Waals surface area contributed by atoms with Crippen LogP contribution in [0.1, 0.15) is 31.0 Å². The van der Waals surface area contributed by atoms with Crippen LogP contribution in [0.15, 0.2) is 4.52 Å². The molecule has 1 aromatic heterocycles. The second-order valence-electron chi connectivity index (χ2n) is 5.35. The molecule has 0 bridgehead atoms. The van der Waals surface area contributed by atoms with Gasteiger partial charge in [0, 0.05) is 6.42 Å². The topological polar surface area (TPSA) is 71.3 Å². The van der Waals surface area contributed by atoms with Crippen LogP contribution in [-0.2, 0) is 11.3 Å². The molecule has 0 aliphatic carbocycles. The lowest BCUT2D eigenvalue weighted by Gasteiger charge is -2.30. The Balaban J connectivity index is 1.67. The largest absolute Gasteiger partial charge is 0.350 e.